The van der Waals surface area contributed by atoms with Crippen molar-refractivity contribution in [2.45, 2.75) is 50.5 Å². The van der Waals surface area contributed by atoms with Crippen LogP contribution >= 0.6 is 11.8 Å². The molecular weight excluding hydrogens is 445 g/mol. The van der Waals surface area contributed by atoms with Gasteiger partial charge in [0.05, 0.1) is 17.3 Å². The van der Waals surface area contributed by atoms with E-state index in [1.807, 2.05) is 13.8 Å². The SMILES string of the molecule is CC[C@@H](C)N(C(=O)CSc1nnc(COc2ccccc2F)n1N)[C@@H]1CCS(=O)(=O)C1. The molecule has 0 aliphatic carbocycles. The molecule has 0 spiro atoms. The summed E-state index contributed by atoms with van der Waals surface area (Å²) in [6, 6.07) is 5.60. The summed E-state index contributed by atoms with van der Waals surface area (Å²) in [5.74, 6) is 5.84. The Balaban J connectivity index is 1.62. The van der Waals surface area contributed by atoms with Crippen molar-refractivity contribution in [2.24, 2.45) is 0 Å². The van der Waals surface area contributed by atoms with E-state index in [9.17, 15) is 17.6 Å². The summed E-state index contributed by atoms with van der Waals surface area (Å²) in [4.78, 5) is 14.6. The number of nitrogen functional groups attached to an aromatic ring is 1. The zero-order valence-electron chi connectivity index (χ0n) is 17.4. The molecule has 2 heterocycles. The first-order chi connectivity index (χ1) is 14.7. The topological polar surface area (TPSA) is 120 Å². The number of halogens is 1. The molecule has 12 heteroatoms. The Labute approximate surface area is 185 Å². The van der Waals surface area contributed by atoms with Gasteiger partial charge in [-0.1, -0.05) is 30.8 Å². The molecule has 31 heavy (non-hydrogen) atoms. The number of amides is 1. The number of para-hydroxylation sites is 1. The van der Waals surface area contributed by atoms with Gasteiger partial charge < -0.3 is 15.5 Å². The van der Waals surface area contributed by atoms with Crippen LogP contribution in [-0.2, 0) is 21.2 Å². The fourth-order valence-corrected chi connectivity index (χ4v) is 5.87. The molecule has 3 rings (SSSR count). The summed E-state index contributed by atoms with van der Waals surface area (Å²) in [6.07, 6.45) is 1.17. The number of benzene rings is 1. The Morgan fingerprint density at radius 3 is 2.81 bits per heavy atom. The van der Waals surface area contributed by atoms with Crippen molar-refractivity contribution in [2.75, 3.05) is 23.1 Å². The highest BCUT2D eigenvalue weighted by molar-refractivity contribution is 7.99. The molecule has 0 saturated carbocycles. The van der Waals surface area contributed by atoms with E-state index in [0.29, 0.717) is 11.6 Å². The van der Waals surface area contributed by atoms with Crippen molar-refractivity contribution in [3.05, 3.63) is 35.9 Å². The zero-order valence-corrected chi connectivity index (χ0v) is 19.0. The largest absolute Gasteiger partial charge is 0.482 e. The Kier molecular flexibility index (Phi) is 7.42. The molecule has 1 aromatic heterocycles. The van der Waals surface area contributed by atoms with Crippen LogP contribution in [0.4, 0.5) is 4.39 Å². The molecule has 0 radical (unpaired) electrons. The van der Waals surface area contributed by atoms with E-state index in [4.69, 9.17) is 10.6 Å². The highest BCUT2D eigenvalue weighted by Gasteiger charge is 2.36. The third-order valence-corrected chi connectivity index (χ3v) is 7.89. The number of nitrogens with two attached hydrogens (primary N) is 1. The van der Waals surface area contributed by atoms with Crippen molar-refractivity contribution in [1.82, 2.24) is 19.8 Å². The minimum Gasteiger partial charge on any atom is -0.482 e. The molecule has 1 aliphatic heterocycles. The highest BCUT2D eigenvalue weighted by atomic mass is 32.2. The molecule has 1 aromatic carbocycles. The van der Waals surface area contributed by atoms with Gasteiger partial charge >= 0.3 is 0 Å². The third-order valence-electron chi connectivity index (χ3n) is 5.21. The fourth-order valence-electron chi connectivity index (χ4n) is 3.41. The van der Waals surface area contributed by atoms with Crippen LogP contribution in [0.15, 0.2) is 29.4 Å². The number of carbonyl (C=O) groups excluding carboxylic acids is 1. The molecular formula is C19H26FN5O4S2. The van der Waals surface area contributed by atoms with E-state index in [0.717, 1.165) is 18.2 Å². The first-order valence-corrected chi connectivity index (χ1v) is 12.7. The van der Waals surface area contributed by atoms with Gasteiger partial charge in [0.2, 0.25) is 11.1 Å². The minimum absolute atomic E-state index is 0.00164. The van der Waals surface area contributed by atoms with Crippen LogP contribution in [0, 0.1) is 5.82 Å². The molecule has 9 nitrogen and oxygen atoms in total. The lowest BCUT2D eigenvalue weighted by Gasteiger charge is -2.33. The van der Waals surface area contributed by atoms with Crippen LogP contribution in [0.5, 0.6) is 5.75 Å². The number of hydrogen-bond donors (Lipinski definition) is 1. The van der Waals surface area contributed by atoms with Crippen LogP contribution in [0.3, 0.4) is 0 Å². The monoisotopic (exact) mass is 471 g/mol. The van der Waals surface area contributed by atoms with Gasteiger partial charge in [0, 0.05) is 12.1 Å². The maximum Gasteiger partial charge on any atom is 0.233 e. The summed E-state index contributed by atoms with van der Waals surface area (Å²) in [6.45, 7) is 3.79. The first kappa shape index (κ1) is 23.3. The van der Waals surface area contributed by atoms with Crippen molar-refractivity contribution >= 4 is 27.5 Å². The summed E-state index contributed by atoms with van der Waals surface area (Å²) in [5.41, 5.74) is 0. The van der Waals surface area contributed by atoms with Crippen LogP contribution in [0.1, 0.15) is 32.5 Å². The zero-order chi connectivity index (χ0) is 22.6. The van der Waals surface area contributed by atoms with E-state index in [1.54, 1.807) is 17.0 Å². The maximum absolute atomic E-state index is 13.7. The third kappa shape index (κ3) is 5.67. The molecule has 170 valence electrons. The Bertz CT molecular complexity index is 1030. The van der Waals surface area contributed by atoms with Crippen molar-refractivity contribution < 1.29 is 22.3 Å². The van der Waals surface area contributed by atoms with Gasteiger partial charge in [-0.2, -0.15) is 0 Å². The molecule has 0 unspecified atom stereocenters. The van der Waals surface area contributed by atoms with Gasteiger partial charge in [0.1, 0.15) is 6.61 Å². The average Bonchev–Trinajstić information content (AvgIpc) is 3.27. The van der Waals surface area contributed by atoms with Crippen molar-refractivity contribution in [3.63, 3.8) is 0 Å². The number of carbonyl (C=O) groups is 1. The smallest absolute Gasteiger partial charge is 0.233 e. The minimum atomic E-state index is -3.11. The quantitative estimate of drug-likeness (QED) is 0.433. The second-order valence-electron chi connectivity index (χ2n) is 7.39. The summed E-state index contributed by atoms with van der Waals surface area (Å²) in [7, 11) is -3.11. The Morgan fingerprint density at radius 2 is 2.16 bits per heavy atom. The van der Waals surface area contributed by atoms with Crippen LogP contribution in [0.2, 0.25) is 0 Å². The molecule has 2 atom stereocenters. The lowest BCUT2D eigenvalue weighted by Crippen LogP contribution is -2.47. The van der Waals surface area contributed by atoms with Gasteiger partial charge in [-0.25, -0.2) is 17.5 Å². The summed E-state index contributed by atoms with van der Waals surface area (Å²) in [5, 5.41) is 8.23. The van der Waals surface area contributed by atoms with E-state index in [1.165, 1.54) is 16.8 Å². The van der Waals surface area contributed by atoms with E-state index >= 15 is 0 Å². The summed E-state index contributed by atoms with van der Waals surface area (Å²) < 4.78 is 44.0. The van der Waals surface area contributed by atoms with Gasteiger partial charge in [-0.3, -0.25) is 4.79 Å². The maximum atomic E-state index is 13.7. The second kappa shape index (κ2) is 9.86. The Hall–Kier alpha value is -2.34. The number of sulfone groups is 1. The van der Waals surface area contributed by atoms with Crippen LogP contribution < -0.4 is 10.6 Å². The van der Waals surface area contributed by atoms with E-state index in [-0.39, 0.29) is 53.4 Å². The second-order valence-corrected chi connectivity index (χ2v) is 10.6. The molecule has 1 amide bonds. The summed E-state index contributed by atoms with van der Waals surface area (Å²) >= 11 is 1.11. The predicted octanol–water partition coefficient (Wildman–Crippen LogP) is 1.62. The predicted molar refractivity (Wildman–Crippen MR) is 115 cm³/mol. The lowest BCUT2D eigenvalue weighted by molar-refractivity contribution is -0.132. The highest BCUT2D eigenvalue weighted by Crippen LogP contribution is 2.24. The van der Waals surface area contributed by atoms with Gasteiger partial charge in [-0.15, -0.1) is 10.2 Å². The molecule has 1 aliphatic rings. The number of aromatic nitrogens is 3. The number of ether oxygens (including phenoxy) is 1. The van der Waals surface area contributed by atoms with Crippen LogP contribution in [-0.4, -0.2) is 63.4 Å². The average molecular weight is 472 g/mol. The first-order valence-electron chi connectivity index (χ1n) is 9.93. The van der Waals surface area contributed by atoms with Gasteiger partial charge in [-0.05, 0) is 31.9 Å². The number of rotatable bonds is 9. The molecule has 1 saturated heterocycles. The van der Waals surface area contributed by atoms with Gasteiger partial charge in [0.15, 0.2) is 27.2 Å². The van der Waals surface area contributed by atoms with Gasteiger partial charge in [0.25, 0.3) is 0 Å². The van der Waals surface area contributed by atoms with Crippen molar-refractivity contribution in [3.8, 4) is 5.75 Å². The number of nitrogens with zero attached hydrogens (tertiary/aromatic N) is 4. The van der Waals surface area contributed by atoms with Crippen LogP contribution in [0.25, 0.3) is 0 Å². The standard InChI is InChI=1S/C19H26FN5O4S2/c1-3-13(2)24(14-8-9-31(27,28)12-14)18(26)11-30-19-23-22-17(25(19)21)10-29-16-7-5-4-6-15(16)20/h4-7,13-14H,3,8-12,21H2,1-2H3/t13-,14-/m1/s1. The number of thioether (sulfide) groups is 1. The number of hydrogen-bond acceptors (Lipinski definition) is 8. The normalized spacial score (nSPS) is 18.6. The van der Waals surface area contributed by atoms with Crippen molar-refractivity contribution in [1.29, 1.82) is 0 Å². The molecule has 1 fully saturated rings. The fraction of sp³-hybridized carbons (Fsp3) is 0.526. The van der Waals surface area contributed by atoms with E-state index < -0.39 is 15.7 Å². The lowest BCUT2D eigenvalue weighted by atomic mass is 10.1. The Morgan fingerprint density at radius 1 is 1.42 bits per heavy atom. The molecule has 0 bridgehead atoms. The molecule has 2 N–H and O–H groups in total. The van der Waals surface area contributed by atoms with E-state index in [2.05, 4.69) is 10.2 Å². The molecule has 2 aromatic rings.